The van der Waals surface area contributed by atoms with Gasteiger partial charge in [-0.2, -0.15) is 0 Å². The summed E-state index contributed by atoms with van der Waals surface area (Å²) in [6.07, 6.45) is -0.764. The molecule has 212 valence electrons. The Labute approximate surface area is 248 Å². The van der Waals surface area contributed by atoms with Crippen LogP contribution in [0.3, 0.4) is 0 Å². The fourth-order valence-electron chi connectivity index (χ4n) is 5.88. The molecule has 42 heavy (non-hydrogen) atoms. The second-order valence-electron chi connectivity index (χ2n) is 10.1. The highest BCUT2D eigenvalue weighted by Gasteiger charge is 2.31. The largest absolute Gasteiger partial charge is 0.467 e. The molecule has 0 aromatic heterocycles. The first-order valence-electron chi connectivity index (χ1n) is 13.7. The van der Waals surface area contributed by atoms with Crippen LogP contribution in [0.15, 0.2) is 97.1 Å². The number of rotatable bonds is 8. The van der Waals surface area contributed by atoms with Crippen LogP contribution in [-0.4, -0.2) is 49.5 Å². The van der Waals surface area contributed by atoms with E-state index in [-0.39, 0.29) is 30.8 Å². The Morgan fingerprint density at radius 2 is 1.07 bits per heavy atom. The van der Waals surface area contributed by atoms with Gasteiger partial charge in [0.05, 0.1) is 7.11 Å². The monoisotopic (exact) mass is 579 g/mol. The lowest BCUT2D eigenvalue weighted by molar-refractivity contribution is -0.142. The second-order valence-corrected chi connectivity index (χ2v) is 11.1. The normalized spacial score (nSPS) is 13.7. The first-order chi connectivity index (χ1) is 20.5. The van der Waals surface area contributed by atoms with Crippen LogP contribution in [-0.2, 0) is 19.0 Å². The summed E-state index contributed by atoms with van der Waals surface area (Å²) >= 11 is 0.809. The Balaban J connectivity index is 1.04. The molecule has 6 rings (SSSR count). The molecule has 0 spiro atoms. The molecule has 7 nitrogen and oxygen atoms in total. The third-order valence-electron chi connectivity index (χ3n) is 7.82. The van der Waals surface area contributed by atoms with Gasteiger partial charge in [0.1, 0.15) is 19.3 Å². The van der Waals surface area contributed by atoms with Crippen LogP contribution in [0.25, 0.3) is 22.3 Å². The fraction of sp³-hybridized carbons (Fsp3) is 0.206. The van der Waals surface area contributed by atoms with Gasteiger partial charge in [0.2, 0.25) is 0 Å². The summed E-state index contributed by atoms with van der Waals surface area (Å²) in [4.78, 5) is 37.9. The van der Waals surface area contributed by atoms with Gasteiger partial charge in [-0.05, 0) is 56.3 Å². The molecule has 0 bridgehead atoms. The van der Waals surface area contributed by atoms with Crippen molar-refractivity contribution in [3.05, 3.63) is 119 Å². The molecule has 0 saturated carbocycles. The van der Waals surface area contributed by atoms with Crippen LogP contribution in [0, 0.1) is 0 Å². The van der Waals surface area contributed by atoms with Crippen LogP contribution in [0.1, 0.15) is 34.1 Å². The summed E-state index contributed by atoms with van der Waals surface area (Å²) in [6.45, 7) is 0.274. The van der Waals surface area contributed by atoms with Crippen molar-refractivity contribution in [1.29, 1.82) is 0 Å². The number of ether oxygens (including phenoxy) is 3. The Morgan fingerprint density at radius 1 is 0.667 bits per heavy atom. The van der Waals surface area contributed by atoms with Gasteiger partial charge in [-0.25, -0.2) is 14.4 Å². The second kappa shape index (κ2) is 12.1. The van der Waals surface area contributed by atoms with Crippen molar-refractivity contribution in [3.63, 3.8) is 0 Å². The molecule has 0 saturated heterocycles. The number of thioether (sulfide) groups is 1. The summed E-state index contributed by atoms with van der Waals surface area (Å²) < 4.78 is 16.0. The van der Waals surface area contributed by atoms with E-state index < -0.39 is 23.4 Å². The maximum absolute atomic E-state index is 12.8. The quantitative estimate of drug-likeness (QED) is 0.182. The summed E-state index contributed by atoms with van der Waals surface area (Å²) in [6, 6.07) is 31.2. The zero-order valence-corrected chi connectivity index (χ0v) is 23.8. The maximum Gasteiger partial charge on any atom is 0.407 e. The third kappa shape index (κ3) is 5.37. The minimum absolute atomic E-state index is 0.0620. The van der Waals surface area contributed by atoms with Crippen molar-refractivity contribution < 1.29 is 28.6 Å². The van der Waals surface area contributed by atoms with Crippen molar-refractivity contribution in [2.75, 3.05) is 26.1 Å². The molecule has 1 N–H and O–H groups in total. The number of hydrogen-bond acceptors (Lipinski definition) is 7. The van der Waals surface area contributed by atoms with Crippen LogP contribution < -0.4 is 5.32 Å². The van der Waals surface area contributed by atoms with Crippen molar-refractivity contribution in [1.82, 2.24) is 5.32 Å². The first-order valence-corrected chi connectivity index (χ1v) is 14.7. The highest BCUT2D eigenvalue weighted by Crippen LogP contribution is 2.45. The maximum atomic E-state index is 12.8. The summed E-state index contributed by atoms with van der Waals surface area (Å²) in [5, 5.41) is 2.01. The van der Waals surface area contributed by atoms with E-state index in [2.05, 4.69) is 29.6 Å². The van der Waals surface area contributed by atoms with Gasteiger partial charge < -0.3 is 19.5 Å². The standard InChI is InChI=1S/C34H29NO6S/c1-39-32(36)31(35-33(37)40-18-29-25-14-6-2-10-21(25)22-11-3-7-15-26(22)29)20-42-34(38)41-19-30-27-16-8-4-12-23(27)24-13-5-9-17-28(24)30/h2-17,29-31H,18-20H2,1H3,(H,35,37)/t31-/m0/s1. The molecular weight excluding hydrogens is 550 g/mol. The molecule has 0 radical (unpaired) electrons. The number of amides is 1. The van der Waals surface area contributed by atoms with Gasteiger partial charge in [0.25, 0.3) is 0 Å². The van der Waals surface area contributed by atoms with Crippen LogP contribution in [0.5, 0.6) is 0 Å². The predicted octanol–water partition coefficient (Wildman–Crippen LogP) is 6.75. The Bertz CT molecular complexity index is 1560. The molecule has 4 aromatic rings. The lowest BCUT2D eigenvalue weighted by atomic mass is 9.98. The number of nitrogens with one attached hydrogen (secondary N) is 1. The van der Waals surface area contributed by atoms with Crippen molar-refractivity contribution in [2.24, 2.45) is 0 Å². The number of hydrogen-bond donors (Lipinski definition) is 1. The first kappa shape index (κ1) is 27.6. The molecule has 8 heteroatoms. The average Bonchev–Trinajstić information content (AvgIpc) is 3.53. The summed E-state index contributed by atoms with van der Waals surface area (Å²) in [5.74, 6) is -0.928. The topological polar surface area (TPSA) is 90.9 Å². The molecule has 0 heterocycles. The number of carbonyl (C=O) groups excluding carboxylic acids is 3. The van der Waals surface area contributed by atoms with Crippen molar-refractivity contribution in [3.8, 4) is 22.3 Å². The zero-order valence-electron chi connectivity index (χ0n) is 22.9. The van der Waals surface area contributed by atoms with Gasteiger partial charge >= 0.3 is 17.4 Å². The van der Waals surface area contributed by atoms with Crippen molar-refractivity contribution in [2.45, 2.75) is 17.9 Å². The van der Waals surface area contributed by atoms with E-state index in [4.69, 9.17) is 14.2 Å². The number of carbonyl (C=O) groups is 3. The molecule has 0 aliphatic heterocycles. The smallest absolute Gasteiger partial charge is 0.407 e. The van der Waals surface area contributed by atoms with Gasteiger partial charge in [-0.15, -0.1) is 0 Å². The van der Waals surface area contributed by atoms with E-state index in [0.29, 0.717) is 0 Å². The van der Waals surface area contributed by atoms with Gasteiger partial charge in [0, 0.05) is 17.6 Å². The van der Waals surface area contributed by atoms with E-state index in [1.807, 2.05) is 72.8 Å². The van der Waals surface area contributed by atoms with Crippen molar-refractivity contribution >= 4 is 29.1 Å². The van der Waals surface area contributed by atoms with Crippen LogP contribution in [0.2, 0.25) is 0 Å². The van der Waals surface area contributed by atoms with E-state index in [1.54, 1.807) is 0 Å². The SMILES string of the molecule is COC(=O)[C@H](CSC(=O)OCC1c2ccccc2-c2ccccc21)NC(=O)OCC1c2ccccc2-c2ccccc21. The molecule has 1 amide bonds. The number of esters is 1. The van der Waals surface area contributed by atoms with Gasteiger partial charge in [-0.3, -0.25) is 0 Å². The molecule has 0 unspecified atom stereocenters. The minimum atomic E-state index is -1.09. The lowest BCUT2D eigenvalue weighted by Gasteiger charge is -2.18. The molecule has 2 aliphatic carbocycles. The zero-order chi connectivity index (χ0) is 29.1. The molecular formula is C34H29NO6S. The Morgan fingerprint density at radius 3 is 1.50 bits per heavy atom. The lowest BCUT2D eigenvalue weighted by Crippen LogP contribution is -2.44. The third-order valence-corrected chi connectivity index (χ3v) is 8.67. The highest BCUT2D eigenvalue weighted by atomic mass is 32.2. The minimum Gasteiger partial charge on any atom is -0.467 e. The molecule has 2 aliphatic rings. The summed E-state index contributed by atoms with van der Waals surface area (Å²) in [5.41, 5.74) is 8.91. The number of alkyl carbamates (subject to hydrolysis) is 1. The molecule has 1 atom stereocenters. The predicted molar refractivity (Wildman–Crippen MR) is 162 cm³/mol. The number of methoxy groups -OCH3 is 1. The Hall–Kier alpha value is -4.56. The number of fused-ring (bicyclic) bond motifs is 6. The van der Waals surface area contributed by atoms with E-state index in [9.17, 15) is 14.4 Å². The average molecular weight is 580 g/mol. The highest BCUT2D eigenvalue weighted by molar-refractivity contribution is 8.13. The van der Waals surface area contributed by atoms with Gasteiger partial charge in [0.15, 0.2) is 0 Å². The van der Waals surface area contributed by atoms with Gasteiger partial charge in [-0.1, -0.05) is 97.1 Å². The fourth-order valence-corrected chi connectivity index (χ4v) is 6.55. The Kier molecular flexibility index (Phi) is 7.97. The van der Waals surface area contributed by atoms with E-state index in [0.717, 1.165) is 56.3 Å². The van der Waals surface area contributed by atoms with E-state index >= 15 is 0 Å². The van der Waals surface area contributed by atoms with E-state index in [1.165, 1.54) is 7.11 Å². The molecule has 0 fully saturated rings. The summed E-state index contributed by atoms with van der Waals surface area (Å²) in [7, 11) is 1.23. The van der Waals surface area contributed by atoms with Crippen LogP contribution >= 0.6 is 11.8 Å². The molecule has 4 aromatic carbocycles. The number of benzene rings is 4. The van der Waals surface area contributed by atoms with Crippen LogP contribution in [0.4, 0.5) is 9.59 Å².